The van der Waals surface area contributed by atoms with Gasteiger partial charge in [-0.05, 0) is 42.5 Å². The number of nitrogens with one attached hydrogen (secondary N) is 2. The molecule has 0 saturated carbocycles. The van der Waals surface area contributed by atoms with E-state index in [1.807, 2.05) is 36.4 Å². The second-order valence-corrected chi connectivity index (χ2v) is 7.28. The lowest BCUT2D eigenvalue weighted by molar-refractivity contribution is 0.355. The minimum Gasteiger partial charge on any atom is -0.493 e. The fourth-order valence-electron chi connectivity index (χ4n) is 3.61. The van der Waals surface area contributed by atoms with Gasteiger partial charge in [0.15, 0.2) is 11.5 Å². The first kappa shape index (κ1) is 19.6. The van der Waals surface area contributed by atoms with Crippen LogP contribution in [0.5, 0.6) is 11.5 Å². The summed E-state index contributed by atoms with van der Waals surface area (Å²) in [5.41, 5.74) is 3.44. The summed E-state index contributed by atoms with van der Waals surface area (Å²) in [5.74, 6) is 1.62. The van der Waals surface area contributed by atoms with Gasteiger partial charge < -0.3 is 19.4 Å². The molecule has 3 heterocycles. The molecule has 5 rings (SSSR count). The minimum absolute atomic E-state index is 0.188. The number of hydrogen-bond donors (Lipinski definition) is 2. The van der Waals surface area contributed by atoms with E-state index in [1.165, 1.54) is 10.9 Å². The van der Waals surface area contributed by atoms with E-state index < -0.39 is 0 Å². The Balaban J connectivity index is 1.69. The standard InChI is InChI=1S/C23H20N6O3/c1-29-12-24-18-10-16(13-5-7-19(31-2)20(8-13)32-3)27-22(21(18)23(29)30)26-15-6-4-14-11-25-28-17(14)9-15/h4-12H,1-3H3,(H,25,28)(H,26,27). The number of pyridine rings is 1. The van der Waals surface area contributed by atoms with Crippen LogP contribution >= 0.6 is 0 Å². The normalized spacial score (nSPS) is 11.1. The average molecular weight is 428 g/mol. The van der Waals surface area contributed by atoms with Crippen LogP contribution in [0.3, 0.4) is 0 Å². The second-order valence-electron chi connectivity index (χ2n) is 7.28. The highest BCUT2D eigenvalue weighted by Crippen LogP contribution is 2.34. The number of ether oxygens (including phenoxy) is 2. The van der Waals surface area contributed by atoms with E-state index in [0.717, 1.165) is 22.2 Å². The number of aryl methyl sites for hydroxylation is 1. The van der Waals surface area contributed by atoms with Gasteiger partial charge in [0.1, 0.15) is 11.2 Å². The summed E-state index contributed by atoms with van der Waals surface area (Å²) in [7, 11) is 4.83. The number of fused-ring (bicyclic) bond motifs is 2. The quantitative estimate of drug-likeness (QED) is 0.440. The molecule has 0 aliphatic heterocycles. The summed E-state index contributed by atoms with van der Waals surface area (Å²) in [4.78, 5) is 22.2. The molecule has 0 spiro atoms. The molecule has 0 fully saturated rings. The Kier molecular flexibility index (Phi) is 4.70. The van der Waals surface area contributed by atoms with Crippen molar-refractivity contribution in [3.05, 3.63) is 65.3 Å². The van der Waals surface area contributed by atoms with E-state index in [2.05, 4.69) is 20.5 Å². The summed E-state index contributed by atoms with van der Waals surface area (Å²) in [5, 5.41) is 11.7. The van der Waals surface area contributed by atoms with Crippen LogP contribution in [0.1, 0.15) is 0 Å². The first-order valence-corrected chi connectivity index (χ1v) is 9.86. The van der Waals surface area contributed by atoms with Crippen LogP contribution in [0.4, 0.5) is 11.5 Å². The van der Waals surface area contributed by atoms with E-state index in [9.17, 15) is 4.79 Å². The molecule has 9 heteroatoms. The Bertz CT molecular complexity index is 1520. The molecule has 0 aliphatic rings. The third kappa shape index (κ3) is 3.29. The molecule has 2 aromatic carbocycles. The highest BCUT2D eigenvalue weighted by atomic mass is 16.5. The molecule has 0 saturated heterocycles. The van der Waals surface area contributed by atoms with Crippen LogP contribution in [0.25, 0.3) is 33.1 Å². The van der Waals surface area contributed by atoms with Gasteiger partial charge in [-0.1, -0.05) is 0 Å². The maximum Gasteiger partial charge on any atom is 0.264 e. The van der Waals surface area contributed by atoms with Crippen LogP contribution in [-0.2, 0) is 7.05 Å². The number of rotatable bonds is 5. The molecule has 3 aromatic heterocycles. The van der Waals surface area contributed by atoms with Gasteiger partial charge in [-0.3, -0.25) is 9.89 Å². The van der Waals surface area contributed by atoms with Crippen LogP contribution in [0.15, 0.2) is 59.8 Å². The SMILES string of the molecule is COc1ccc(-c2cc3ncn(C)c(=O)c3c(Nc3ccc4cn[nH]c4c3)n2)cc1OC. The Morgan fingerprint density at radius 1 is 1.03 bits per heavy atom. The number of anilines is 2. The maximum absolute atomic E-state index is 12.9. The summed E-state index contributed by atoms with van der Waals surface area (Å²) < 4.78 is 12.2. The number of benzene rings is 2. The van der Waals surface area contributed by atoms with Gasteiger partial charge in [-0.15, -0.1) is 0 Å². The highest BCUT2D eigenvalue weighted by Gasteiger charge is 2.15. The Morgan fingerprint density at radius 2 is 1.88 bits per heavy atom. The Morgan fingerprint density at radius 3 is 2.69 bits per heavy atom. The van der Waals surface area contributed by atoms with E-state index >= 15 is 0 Å². The molecule has 0 radical (unpaired) electrons. The zero-order valence-corrected chi connectivity index (χ0v) is 17.7. The van der Waals surface area contributed by atoms with Crippen molar-refractivity contribution in [1.29, 1.82) is 0 Å². The Labute approximate surface area is 182 Å². The third-order valence-corrected chi connectivity index (χ3v) is 5.29. The van der Waals surface area contributed by atoms with Gasteiger partial charge in [0.05, 0.1) is 43.5 Å². The first-order valence-electron chi connectivity index (χ1n) is 9.86. The molecular formula is C23H20N6O3. The van der Waals surface area contributed by atoms with Crippen LogP contribution in [-0.4, -0.2) is 39.0 Å². The summed E-state index contributed by atoms with van der Waals surface area (Å²) in [6.45, 7) is 0. The molecule has 9 nitrogen and oxygen atoms in total. The van der Waals surface area contributed by atoms with Crippen LogP contribution in [0.2, 0.25) is 0 Å². The molecule has 0 aliphatic carbocycles. The molecule has 2 N–H and O–H groups in total. The van der Waals surface area contributed by atoms with Crippen molar-refractivity contribution in [3.8, 4) is 22.8 Å². The smallest absolute Gasteiger partial charge is 0.264 e. The van der Waals surface area contributed by atoms with Gasteiger partial charge in [0, 0.05) is 23.7 Å². The van der Waals surface area contributed by atoms with E-state index in [0.29, 0.717) is 33.9 Å². The number of nitrogens with zero attached hydrogens (tertiary/aromatic N) is 4. The molecule has 0 unspecified atom stereocenters. The number of aromatic amines is 1. The molecule has 0 amide bonds. The summed E-state index contributed by atoms with van der Waals surface area (Å²) >= 11 is 0. The monoisotopic (exact) mass is 428 g/mol. The van der Waals surface area contributed by atoms with Gasteiger partial charge in [-0.2, -0.15) is 5.10 Å². The lowest BCUT2D eigenvalue weighted by Gasteiger charge is -2.13. The molecule has 32 heavy (non-hydrogen) atoms. The minimum atomic E-state index is -0.188. The van der Waals surface area contributed by atoms with E-state index in [1.54, 1.807) is 33.5 Å². The van der Waals surface area contributed by atoms with Crippen molar-refractivity contribution in [1.82, 2.24) is 24.7 Å². The zero-order chi connectivity index (χ0) is 22.2. The van der Waals surface area contributed by atoms with Crippen molar-refractivity contribution in [2.24, 2.45) is 7.05 Å². The zero-order valence-electron chi connectivity index (χ0n) is 17.7. The van der Waals surface area contributed by atoms with Crippen LogP contribution in [0, 0.1) is 0 Å². The molecular weight excluding hydrogens is 408 g/mol. The van der Waals surface area contributed by atoms with Crippen molar-refractivity contribution >= 4 is 33.3 Å². The number of aromatic nitrogens is 5. The fraction of sp³-hybridized carbons (Fsp3) is 0.130. The van der Waals surface area contributed by atoms with Gasteiger partial charge in [-0.25, -0.2) is 9.97 Å². The topological polar surface area (TPSA) is 107 Å². The van der Waals surface area contributed by atoms with Crippen molar-refractivity contribution in [3.63, 3.8) is 0 Å². The van der Waals surface area contributed by atoms with Crippen molar-refractivity contribution in [2.45, 2.75) is 0 Å². The lowest BCUT2D eigenvalue weighted by atomic mass is 10.1. The third-order valence-electron chi connectivity index (χ3n) is 5.29. The largest absolute Gasteiger partial charge is 0.493 e. The molecule has 0 bridgehead atoms. The number of methoxy groups -OCH3 is 2. The maximum atomic E-state index is 12.9. The summed E-state index contributed by atoms with van der Waals surface area (Å²) in [6.07, 6.45) is 3.26. The van der Waals surface area contributed by atoms with E-state index in [4.69, 9.17) is 14.5 Å². The average Bonchev–Trinajstić information content (AvgIpc) is 3.28. The molecule has 160 valence electrons. The predicted octanol–water partition coefficient (Wildman–Crippen LogP) is 3.63. The number of H-pyrrole nitrogens is 1. The van der Waals surface area contributed by atoms with Gasteiger partial charge in [0.25, 0.3) is 5.56 Å². The van der Waals surface area contributed by atoms with Crippen molar-refractivity contribution < 1.29 is 9.47 Å². The first-order chi connectivity index (χ1) is 15.6. The fourth-order valence-corrected chi connectivity index (χ4v) is 3.61. The Hall–Kier alpha value is -4.40. The predicted molar refractivity (Wildman–Crippen MR) is 123 cm³/mol. The number of hydrogen-bond acceptors (Lipinski definition) is 7. The van der Waals surface area contributed by atoms with Crippen molar-refractivity contribution in [2.75, 3.05) is 19.5 Å². The second kappa shape index (κ2) is 7.69. The molecule has 5 aromatic rings. The summed E-state index contributed by atoms with van der Waals surface area (Å²) in [6, 6.07) is 13.1. The van der Waals surface area contributed by atoms with E-state index in [-0.39, 0.29) is 5.56 Å². The molecule has 0 atom stereocenters. The van der Waals surface area contributed by atoms with Gasteiger partial charge in [0.2, 0.25) is 0 Å². The lowest BCUT2D eigenvalue weighted by Crippen LogP contribution is -2.18. The van der Waals surface area contributed by atoms with Gasteiger partial charge >= 0.3 is 0 Å². The highest BCUT2D eigenvalue weighted by molar-refractivity contribution is 5.94. The van der Waals surface area contributed by atoms with Crippen LogP contribution < -0.4 is 20.3 Å².